The minimum Gasteiger partial charge on any atom is -0.478 e. The molecule has 0 spiro atoms. The van der Waals surface area contributed by atoms with E-state index in [1.807, 2.05) is 0 Å². The Kier molecular flexibility index (Phi) is 2.91. The van der Waals surface area contributed by atoms with E-state index in [9.17, 15) is 9.18 Å². The highest BCUT2D eigenvalue weighted by atomic mass is 35.5. The van der Waals surface area contributed by atoms with Crippen molar-refractivity contribution in [3.05, 3.63) is 59.1 Å². The number of rotatable bonds is 2. The predicted octanol–water partition coefficient (Wildman–Crippen LogP) is 3.52. The summed E-state index contributed by atoms with van der Waals surface area (Å²) in [7, 11) is 0. The van der Waals surface area contributed by atoms with Gasteiger partial charge in [-0.2, -0.15) is 0 Å². The summed E-state index contributed by atoms with van der Waals surface area (Å²) in [6.45, 7) is 0. The van der Waals surface area contributed by atoms with Crippen molar-refractivity contribution in [2.45, 2.75) is 0 Å². The van der Waals surface area contributed by atoms with Gasteiger partial charge in [-0.15, -0.1) is 0 Å². The standard InChI is InChI=1S/C14H8ClFN2O2/c15-10-5-4-8(6-11(10)16)18-7-17-13-9(14(19)20)2-1-3-12(13)18/h1-7H,(H,19,20). The van der Waals surface area contributed by atoms with Gasteiger partial charge in [0.2, 0.25) is 0 Å². The number of hydrogen-bond donors (Lipinski definition) is 1. The Labute approximate surface area is 118 Å². The Hall–Kier alpha value is -2.40. The second-order valence-electron chi connectivity index (χ2n) is 4.19. The van der Waals surface area contributed by atoms with Gasteiger partial charge in [-0.1, -0.05) is 17.7 Å². The molecule has 0 aliphatic heterocycles. The molecule has 6 heteroatoms. The Morgan fingerprint density at radius 3 is 2.80 bits per heavy atom. The zero-order valence-corrected chi connectivity index (χ0v) is 10.8. The number of fused-ring (bicyclic) bond motifs is 1. The van der Waals surface area contributed by atoms with E-state index in [0.717, 1.165) is 0 Å². The molecule has 0 amide bonds. The highest BCUT2D eigenvalue weighted by Crippen LogP contribution is 2.24. The van der Waals surface area contributed by atoms with Gasteiger partial charge < -0.3 is 5.11 Å². The lowest BCUT2D eigenvalue weighted by atomic mass is 10.2. The number of carboxylic acids is 1. The van der Waals surface area contributed by atoms with Crippen LogP contribution in [-0.2, 0) is 0 Å². The summed E-state index contributed by atoms with van der Waals surface area (Å²) >= 11 is 5.65. The molecule has 0 saturated carbocycles. The van der Waals surface area contributed by atoms with Crippen LogP contribution in [0.4, 0.5) is 4.39 Å². The molecule has 0 aliphatic rings. The molecule has 1 N–H and O–H groups in total. The zero-order valence-electron chi connectivity index (χ0n) is 10.0. The smallest absolute Gasteiger partial charge is 0.337 e. The third-order valence-corrected chi connectivity index (χ3v) is 3.29. The largest absolute Gasteiger partial charge is 0.478 e. The van der Waals surface area contributed by atoms with Crippen molar-refractivity contribution in [2.75, 3.05) is 0 Å². The number of aromatic carboxylic acids is 1. The van der Waals surface area contributed by atoms with Crippen LogP contribution in [0.3, 0.4) is 0 Å². The van der Waals surface area contributed by atoms with Crippen LogP contribution in [0.25, 0.3) is 16.7 Å². The van der Waals surface area contributed by atoms with Crippen molar-refractivity contribution in [1.29, 1.82) is 0 Å². The first-order valence-corrected chi connectivity index (χ1v) is 6.10. The van der Waals surface area contributed by atoms with Crippen LogP contribution in [-0.4, -0.2) is 20.6 Å². The predicted molar refractivity (Wildman–Crippen MR) is 73.0 cm³/mol. The Morgan fingerprint density at radius 2 is 2.10 bits per heavy atom. The molecule has 0 aliphatic carbocycles. The summed E-state index contributed by atoms with van der Waals surface area (Å²) in [6.07, 6.45) is 1.46. The van der Waals surface area contributed by atoms with Crippen molar-refractivity contribution in [3.63, 3.8) is 0 Å². The maximum Gasteiger partial charge on any atom is 0.337 e. The number of imidazole rings is 1. The molecule has 100 valence electrons. The molecule has 4 nitrogen and oxygen atoms in total. The number of carboxylic acid groups (broad SMARTS) is 1. The maximum atomic E-state index is 13.5. The molecule has 0 unspecified atom stereocenters. The molecule has 3 rings (SSSR count). The Bertz CT molecular complexity index is 829. The van der Waals surface area contributed by atoms with Crippen molar-refractivity contribution >= 4 is 28.6 Å². The van der Waals surface area contributed by atoms with Gasteiger partial charge in [0, 0.05) is 0 Å². The van der Waals surface area contributed by atoms with Crippen molar-refractivity contribution in [2.24, 2.45) is 0 Å². The molecule has 1 heterocycles. The molecule has 2 aromatic carbocycles. The fraction of sp³-hybridized carbons (Fsp3) is 0. The normalized spacial score (nSPS) is 10.9. The van der Waals surface area contributed by atoms with Gasteiger partial charge in [0.1, 0.15) is 17.7 Å². The van der Waals surface area contributed by atoms with Crippen molar-refractivity contribution in [3.8, 4) is 5.69 Å². The van der Waals surface area contributed by atoms with Crippen LogP contribution in [0.15, 0.2) is 42.7 Å². The molecular formula is C14H8ClFN2O2. The molecule has 0 saturated heterocycles. The van der Waals surface area contributed by atoms with Gasteiger partial charge in [0.15, 0.2) is 0 Å². The molecular weight excluding hydrogens is 283 g/mol. The Balaban J connectivity index is 2.25. The van der Waals surface area contributed by atoms with Gasteiger partial charge in [-0.05, 0) is 30.3 Å². The molecule has 0 fully saturated rings. The summed E-state index contributed by atoms with van der Waals surface area (Å²) in [6, 6.07) is 9.18. The van der Waals surface area contributed by atoms with Gasteiger partial charge in [0.05, 0.1) is 21.8 Å². The van der Waals surface area contributed by atoms with Gasteiger partial charge in [-0.3, -0.25) is 4.57 Å². The average molecular weight is 291 g/mol. The van der Waals surface area contributed by atoms with Gasteiger partial charge >= 0.3 is 5.97 Å². The fourth-order valence-electron chi connectivity index (χ4n) is 2.05. The van der Waals surface area contributed by atoms with Crippen LogP contribution in [0.2, 0.25) is 5.02 Å². The lowest BCUT2D eigenvalue weighted by Crippen LogP contribution is -1.98. The van der Waals surface area contributed by atoms with E-state index in [1.165, 1.54) is 24.5 Å². The van der Waals surface area contributed by atoms with Crippen molar-refractivity contribution < 1.29 is 14.3 Å². The maximum absolute atomic E-state index is 13.5. The molecule has 3 aromatic rings. The summed E-state index contributed by atoms with van der Waals surface area (Å²) in [5.74, 6) is -1.59. The minimum atomic E-state index is -1.05. The third-order valence-electron chi connectivity index (χ3n) is 2.99. The third kappa shape index (κ3) is 1.92. The number of hydrogen-bond acceptors (Lipinski definition) is 2. The Morgan fingerprint density at radius 1 is 1.30 bits per heavy atom. The first-order valence-electron chi connectivity index (χ1n) is 5.72. The van der Waals surface area contributed by atoms with Gasteiger partial charge in [-0.25, -0.2) is 14.2 Å². The van der Waals surface area contributed by atoms with E-state index in [4.69, 9.17) is 16.7 Å². The highest BCUT2D eigenvalue weighted by molar-refractivity contribution is 6.30. The summed E-state index contributed by atoms with van der Waals surface area (Å²) in [4.78, 5) is 15.2. The summed E-state index contributed by atoms with van der Waals surface area (Å²) in [5, 5.41) is 9.15. The summed E-state index contributed by atoms with van der Waals surface area (Å²) < 4.78 is 15.1. The van der Waals surface area contributed by atoms with Gasteiger partial charge in [0.25, 0.3) is 0 Å². The van der Waals surface area contributed by atoms with Crippen molar-refractivity contribution in [1.82, 2.24) is 9.55 Å². The molecule has 20 heavy (non-hydrogen) atoms. The lowest BCUT2D eigenvalue weighted by molar-refractivity contribution is 0.0699. The van der Waals surface area contributed by atoms with E-state index >= 15 is 0 Å². The first kappa shape index (κ1) is 12.6. The second kappa shape index (κ2) is 4.61. The van der Waals surface area contributed by atoms with E-state index in [0.29, 0.717) is 16.7 Å². The fourth-order valence-corrected chi connectivity index (χ4v) is 2.17. The SMILES string of the molecule is O=C(O)c1cccc2c1ncn2-c1ccc(Cl)c(F)c1. The first-order chi connectivity index (χ1) is 9.58. The number of benzene rings is 2. The number of halogens is 2. The second-order valence-corrected chi connectivity index (χ2v) is 4.60. The number of carbonyl (C=O) groups is 1. The summed E-state index contributed by atoms with van der Waals surface area (Å²) in [5.41, 5.74) is 1.58. The topological polar surface area (TPSA) is 55.1 Å². The monoisotopic (exact) mass is 290 g/mol. The zero-order chi connectivity index (χ0) is 14.3. The molecule has 0 radical (unpaired) electrons. The van der Waals surface area contributed by atoms with E-state index in [-0.39, 0.29) is 10.6 Å². The number of aromatic nitrogens is 2. The lowest BCUT2D eigenvalue weighted by Gasteiger charge is -2.05. The van der Waals surface area contributed by atoms with Crippen LogP contribution < -0.4 is 0 Å². The number of para-hydroxylation sites is 1. The van der Waals surface area contributed by atoms with E-state index in [2.05, 4.69) is 4.98 Å². The highest BCUT2D eigenvalue weighted by Gasteiger charge is 2.13. The number of nitrogens with zero attached hydrogens (tertiary/aromatic N) is 2. The molecule has 0 atom stereocenters. The quantitative estimate of drug-likeness (QED) is 0.785. The van der Waals surface area contributed by atoms with E-state index in [1.54, 1.807) is 22.8 Å². The van der Waals surface area contributed by atoms with Crippen LogP contribution in [0, 0.1) is 5.82 Å². The van der Waals surface area contributed by atoms with E-state index < -0.39 is 11.8 Å². The molecule has 1 aromatic heterocycles. The van der Waals surface area contributed by atoms with Crippen LogP contribution >= 0.6 is 11.6 Å². The minimum absolute atomic E-state index is 0.0318. The average Bonchev–Trinajstić information content (AvgIpc) is 2.85. The van der Waals surface area contributed by atoms with Crippen LogP contribution in [0.5, 0.6) is 0 Å². The van der Waals surface area contributed by atoms with Crippen LogP contribution in [0.1, 0.15) is 10.4 Å². The molecule has 0 bridgehead atoms.